The number of nitro groups is 2. The number of nitrogens with one attached hydrogen (secondary N) is 2. The maximum Gasteiger partial charge on any atom is 0.355 e. The smallest absolute Gasteiger partial charge is 0.355 e. The number of methoxy groups -OCH3 is 1. The van der Waals surface area contributed by atoms with Gasteiger partial charge < -0.3 is 14.5 Å². The molecule has 4 rings (SSSR count). The Bertz CT molecular complexity index is 1330. The van der Waals surface area contributed by atoms with Crippen molar-refractivity contribution in [2.45, 2.75) is 0 Å². The van der Waals surface area contributed by atoms with Gasteiger partial charge in [0.25, 0.3) is 11.6 Å². The molecule has 14 nitrogen and oxygen atoms in total. The topological polar surface area (TPSA) is 169 Å². The van der Waals surface area contributed by atoms with Crippen molar-refractivity contribution in [2.75, 3.05) is 48.5 Å². The molecule has 0 radical (unpaired) electrons. The first-order valence-corrected chi connectivity index (χ1v) is 11.3. The van der Waals surface area contributed by atoms with E-state index < -0.39 is 27.1 Å². The van der Waals surface area contributed by atoms with E-state index in [2.05, 4.69) is 25.7 Å². The molecule has 1 fully saturated rings. The zero-order chi connectivity index (χ0) is 26.5. The predicted octanol–water partition coefficient (Wildman–Crippen LogP) is 3.04. The molecule has 0 atom stereocenters. The minimum atomic E-state index is -0.776. The molecule has 0 bridgehead atoms. The van der Waals surface area contributed by atoms with E-state index in [1.807, 2.05) is 24.3 Å². The molecule has 37 heavy (non-hydrogen) atoms. The first kappa shape index (κ1) is 25.4. The van der Waals surface area contributed by atoms with Crippen LogP contribution in [0.1, 0.15) is 10.4 Å². The number of aromatic nitrogens is 2. The van der Waals surface area contributed by atoms with Crippen molar-refractivity contribution in [3.05, 3.63) is 79.6 Å². The fourth-order valence-electron chi connectivity index (χ4n) is 3.81. The molecule has 1 aromatic heterocycles. The Hall–Kier alpha value is -4.72. The minimum absolute atomic E-state index is 0.0739. The lowest BCUT2D eigenvalue weighted by atomic mass is 10.2. The molecule has 15 heteroatoms. The van der Waals surface area contributed by atoms with E-state index in [1.165, 1.54) is 12.1 Å². The molecule has 0 aliphatic carbocycles. The zero-order valence-electron chi connectivity index (χ0n) is 19.5. The van der Waals surface area contributed by atoms with Crippen LogP contribution < -0.4 is 25.4 Å². The van der Waals surface area contributed by atoms with Crippen LogP contribution in [0.3, 0.4) is 0 Å². The molecule has 2 N–H and O–H groups in total. The van der Waals surface area contributed by atoms with Crippen LogP contribution in [0.25, 0.3) is 0 Å². The van der Waals surface area contributed by atoms with Crippen molar-refractivity contribution in [2.24, 2.45) is 0 Å². The highest BCUT2D eigenvalue weighted by Crippen LogP contribution is 2.33. The van der Waals surface area contributed by atoms with Gasteiger partial charge in [-0.1, -0.05) is 11.6 Å². The molecule has 2 aromatic carbocycles. The lowest BCUT2D eigenvalue weighted by Gasteiger charge is -2.36. The number of hydrogen-bond acceptors (Lipinski definition) is 11. The molecule has 3 aromatic rings. The number of hydrogen-bond donors (Lipinski definition) is 2. The summed E-state index contributed by atoms with van der Waals surface area (Å²) in [5.41, 5.74) is 4.79. The first-order valence-electron chi connectivity index (χ1n) is 10.9. The average Bonchev–Trinajstić information content (AvgIpc) is 2.91. The number of rotatable bonds is 8. The van der Waals surface area contributed by atoms with E-state index in [0.29, 0.717) is 26.2 Å². The summed E-state index contributed by atoms with van der Waals surface area (Å²) in [6.07, 6.45) is 1.15. The number of ether oxygens (including phenoxy) is 1. The van der Waals surface area contributed by atoms with Crippen LogP contribution in [0.5, 0.6) is 5.75 Å². The van der Waals surface area contributed by atoms with Crippen LogP contribution in [-0.4, -0.2) is 59.0 Å². The monoisotopic (exact) mass is 528 g/mol. The lowest BCUT2D eigenvalue weighted by Crippen LogP contribution is -2.47. The normalized spacial score (nSPS) is 13.1. The third-order valence-corrected chi connectivity index (χ3v) is 6.02. The molecule has 192 valence electrons. The molecule has 0 saturated carbocycles. The Morgan fingerprint density at radius 1 is 1.00 bits per heavy atom. The van der Waals surface area contributed by atoms with Crippen molar-refractivity contribution in [3.63, 3.8) is 0 Å². The number of amides is 1. The van der Waals surface area contributed by atoms with Crippen LogP contribution in [0.2, 0.25) is 5.02 Å². The third kappa shape index (κ3) is 5.59. The van der Waals surface area contributed by atoms with Crippen molar-refractivity contribution in [1.29, 1.82) is 0 Å². The molecule has 1 aliphatic heterocycles. The molecule has 1 aliphatic rings. The zero-order valence-corrected chi connectivity index (χ0v) is 20.2. The molecule has 0 unspecified atom stereocenters. The summed E-state index contributed by atoms with van der Waals surface area (Å²) in [7, 11) is 1.60. The number of nitrogens with zero attached hydrogens (tertiary/aromatic N) is 6. The van der Waals surface area contributed by atoms with Gasteiger partial charge in [0.15, 0.2) is 0 Å². The molecule has 0 spiro atoms. The van der Waals surface area contributed by atoms with Gasteiger partial charge in [0.2, 0.25) is 11.6 Å². The van der Waals surface area contributed by atoms with Gasteiger partial charge in [0.05, 0.1) is 17.0 Å². The van der Waals surface area contributed by atoms with Gasteiger partial charge in [-0.05, 0) is 36.4 Å². The Morgan fingerprint density at radius 3 is 2.30 bits per heavy atom. The summed E-state index contributed by atoms with van der Waals surface area (Å²) in [5.74, 6) is -0.152. The highest BCUT2D eigenvalue weighted by Gasteiger charge is 2.30. The highest BCUT2D eigenvalue weighted by molar-refractivity contribution is 6.32. The van der Waals surface area contributed by atoms with Crippen LogP contribution >= 0.6 is 11.6 Å². The van der Waals surface area contributed by atoms with Crippen molar-refractivity contribution >= 4 is 46.2 Å². The summed E-state index contributed by atoms with van der Waals surface area (Å²) < 4.78 is 5.19. The van der Waals surface area contributed by atoms with Crippen LogP contribution in [0.4, 0.5) is 28.7 Å². The van der Waals surface area contributed by atoms with Crippen molar-refractivity contribution < 1.29 is 19.4 Å². The van der Waals surface area contributed by atoms with Crippen LogP contribution in [0, 0.1) is 20.2 Å². The Labute approximate surface area is 215 Å². The number of nitro benzene ring substituents is 1. The standard InChI is InChI=1S/C22H21ClN8O6/c1-37-16-5-3-15(4-6-16)28-8-10-29(11-9-28)21-19(31(35)36)20(24-13-25-21)26-27-22(32)14-2-7-17(23)18(12-14)30(33)34/h2-7,12-13H,8-11H2,1H3,(H,27,32)(H,24,25,26). The quantitative estimate of drug-likeness (QED) is 0.325. The minimum Gasteiger partial charge on any atom is -0.497 e. The van der Waals surface area contributed by atoms with E-state index >= 15 is 0 Å². The largest absolute Gasteiger partial charge is 0.497 e. The van der Waals surface area contributed by atoms with Crippen LogP contribution in [-0.2, 0) is 0 Å². The summed E-state index contributed by atoms with van der Waals surface area (Å²) in [4.78, 5) is 46.1. The first-order chi connectivity index (χ1) is 17.8. The predicted molar refractivity (Wildman–Crippen MR) is 135 cm³/mol. The van der Waals surface area contributed by atoms with Crippen LogP contribution in [0.15, 0.2) is 48.8 Å². The van der Waals surface area contributed by atoms with Gasteiger partial charge in [-0.2, -0.15) is 0 Å². The number of piperazine rings is 1. The second kappa shape index (κ2) is 10.9. The SMILES string of the molecule is COc1ccc(N2CCN(c3ncnc(NNC(=O)c4ccc(Cl)c([N+](=O)[O-])c4)c3[N+](=O)[O-])CC2)cc1. The average molecular weight is 529 g/mol. The number of halogens is 1. The fourth-order valence-corrected chi connectivity index (χ4v) is 4.00. The van der Waals surface area contributed by atoms with Crippen molar-refractivity contribution in [1.82, 2.24) is 15.4 Å². The summed E-state index contributed by atoms with van der Waals surface area (Å²) >= 11 is 5.78. The maximum absolute atomic E-state index is 12.5. The number of anilines is 3. The van der Waals surface area contributed by atoms with Gasteiger partial charge in [0, 0.05) is 43.5 Å². The molecule has 1 amide bonds. The van der Waals surface area contributed by atoms with Gasteiger partial charge in [-0.25, -0.2) is 9.97 Å². The second-order valence-electron chi connectivity index (χ2n) is 7.83. The number of benzene rings is 2. The van der Waals surface area contributed by atoms with Gasteiger partial charge in [-0.15, -0.1) is 0 Å². The summed E-state index contributed by atoms with van der Waals surface area (Å²) in [5, 5.41) is 22.9. The number of carbonyl (C=O) groups excluding carboxylic acids is 1. The Morgan fingerprint density at radius 2 is 1.68 bits per heavy atom. The highest BCUT2D eigenvalue weighted by atomic mass is 35.5. The number of hydrazine groups is 1. The van der Waals surface area contributed by atoms with Gasteiger partial charge in [-0.3, -0.25) is 35.9 Å². The summed E-state index contributed by atoms with van der Waals surface area (Å²) in [6.45, 7) is 2.12. The third-order valence-electron chi connectivity index (χ3n) is 5.70. The molecular weight excluding hydrogens is 508 g/mol. The van der Waals surface area contributed by atoms with E-state index in [-0.39, 0.29) is 22.2 Å². The number of carbonyl (C=O) groups is 1. The summed E-state index contributed by atoms with van der Waals surface area (Å²) in [6, 6.07) is 11.1. The fraction of sp³-hybridized carbons (Fsp3) is 0.227. The maximum atomic E-state index is 12.5. The van der Waals surface area contributed by atoms with Gasteiger partial charge in [0.1, 0.15) is 17.1 Å². The second-order valence-corrected chi connectivity index (χ2v) is 8.23. The lowest BCUT2D eigenvalue weighted by molar-refractivity contribution is -0.384. The molecule has 1 saturated heterocycles. The van der Waals surface area contributed by atoms with E-state index in [9.17, 15) is 25.0 Å². The van der Waals surface area contributed by atoms with E-state index in [4.69, 9.17) is 16.3 Å². The van der Waals surface area contributed by atoms with E-state index in [0.717, 1.165) is 23.8 Å². The molecular formula is C22H21ClN8O6. The van der Waals surface area contributed by atoms with E-state index in [1.54, 1.807) is 12.0 Å². The van der Waals surface area contributed by atoms with Gasteiger partial charge >= 0.3 is 5.69 Å². The Kier molecular flexibility index (Phi) is 7.48. The molecule has 2 heterocycles. The van der Waals surface area contributed by atoms with Crippen molar-refractivity contribution in [3.8, 4) is 5.75 Å². The Balaban J connectivity index is 1.47.